The van der Waals surface area contributed by atoms with Gasteiger partial charge in [-0.2, -0.15) is 3.97 Å². The second kappa shape index (κ2) is 10.5. The Balaban J connectivity index is 1.67. The molecule has 2 aromatic heterocycles. The van der Waals surface area contributed by atoms with Crippen LogP contribution in [0.15, 0.2) is 58.3 Å². The van der Waals surface area contributed by atoms with Crippen molar-refractivity contribution in [3.05, 3.63) is 97.3 Å². The fraction of sp³-hybridized carbons (Fsp3) is 0.208. The van der Waals surface area contributed by atoms with Gasteiger partial charge in [-0.15, -0.1) is 0 Å². The molecule has 0 atom stereocenters. The first-order valence-corrected chi connectivity index (χ1v) is 13.3. The summed E-state index contributed by atoms with van der Waals surface area (Å²) in [6.07, 6.45) is 2.24. The fourth-order valence-electron chi connectivity index (χ4n) is 3.86. The van der Waals surface area contributed by atoms with Crippen LogP contribution in [0, 0.1) is 11.6 Å². The van der Waals surface area contributed by atoms with Crippen LogP contribution in [0.1, 0.15) is 15.9 Å². The number of pyridine rings is 1. The Morgan fingerprint density at radius 3 is 2.47 bits per heavy atom. The zero-order valence-electron chi connectivity index (χ0n) is 20.1. The Labute approximate surface area is 219 Å². The minimum Gasteiger partial charge on any atom is -0.487 e. The van der Waals surface area contributed by atoms with Gasteiger partial charge in [0, 0.05) is 17.8 Å². The largest absolute Gasteiger partial charge is 0.487 e. The second-order valence-electron chi connectivity index (χ2n) is 8.34. The molecule has 200 valence electrons. The molecule has 0 aliphatic heterocycles. The summed E-state index contributed by atoms with van der Waals surface area (Å²) in [4.78, 5) is 38.3. The third-order valence-corrected chi connectivity index (χ3v) is 6.96. The van der Waals surface area contributed by atoms with E-state index in [9.17, 15) is 31.6 Å². The van der Waals surface area contributed by atoms with Crippen LogP contribution in [0.3, 0.4) is 0 Å². The van der Waals surface area contributed by atoms with E-state index >= 15 is 0 Å². The number of fused-ring (bicyclic) bond motifs is 1. The number of imidazole rings is 1. The van der Waals surface area contributed by atoms with E-state index in [-0.39, 0.29) is 47.1 Å². The van der Waals surface area contributed by atoms with E-state index in [2.05, 4.69) is 5.32 Å². The molecule has 0 amide bonds. The van der Waals surface area contributed by atoms with Crippen molar-refractivity contribution in [2.45, 2.75) is 13.2 Å². The molecule has 0 fully saturated rings. The van der Waals surface area contributed by atoms with E-state index < -0.39 is 38.8 Å². The number of hydrogen-bond acceptors (Lipinski definition) is 7. The first kappa shape index (κ1) is 27.2. The van der Waals surface area contributed by atoms with Gasteiger partial charge in [-0.3, -0.25) is 9.59 Å². The monoisotopic (exact) mass is 566 g/mol. The van der Waals surface area contributed by atoms with Crippen LogP contribution in [0.2, 0.25) is 5.02 Å². The predicted molar refractivity (Wildman–Crippen MR) is 136 cm³/mol. The standard InChI is InChI=1S/C24H21ClF2N4O6S/c1-28-11-21(32)30-19-9-14(3-6-18(19)31(24(30)34)38(2,35)36)12-29-8-7-20(22(25)23(29)33)37-13-15-4-5-16(26)10-17(15)27/h3-10,28H,11-13H2,1-2H3. The number of aromatic nitrogens is 3. The molecule has 0 spiro atoms. The first-order chi connectivity index (χ1) is 17.9. The van der Waals surface area contributed by atoms with Gasteiger partial charge in [0.2, 0.25) is 15.9 Å². The number of benzene rings is 2. The highest BCUT2D eigenvalue weighted by molar-refractivity contribution is 7.89. The van der Waals surface area contributed by atoms with Gasteiger partial charge < -0.3 is 14.6 Å². The molecule has 2 aromatic carbocycles. The molecule has 4 aromatic rings. The SMILES string of the molecule is CNCC(=O)n1c(=O)n(S(C)(=O)=O)c2ccc(Cn3ccc(OCc4ccc(F)cc4F)c(Cl)c3=O)cc21. The molecule has 0 bridgehead atoms. The molecule has 2 heterocycles. The summed E-state index contributed by atoms with van der Waals surface area (Å²) in [5, 5.41) is 2.35. The zero-order valence-corrected chi connectivity index (χ0v) is 21.6. The highest BCUT2D eigenvalue weighted by Gasteiger charge is 2.23. The number of halogens is 3. The summed E-state index contributed by atoms with van der Waals surface area (Å²) in [5.41, 5.74) is -1.07. The van der Waals surface area contributed by atoms with Gasteiger partial charge in [0.15, 0.2) is 0 Å². The van der Waals surface area contributed by atoms with Crippen LogP contribution >= 0.6 is 11.6 Å². The lowest BCUT2D eigenvalue weighted by molar-refractivity contribution is 0.0916. The zero-order chi connectivity index (χ0) is 27.8. The summed E-state index contributed by atoms with van der Waals surface area (Å²) in [5.74, 6) is -2.22. The maximum atomic E-state index is 13.9. The van der Waals surface area contributed by atoms with E-state index in [1.165, 1.54) is 48.1 Å². The van der Waals surface area contributed by atoms with Crippen molar-refractivity contribution in [2.24, 2.45) is 0 Å². The van der Waals surface area contributed by atoms with E-state index in [4.69, 9.17) is 16.3 Å². The molecule has 0 radical (unpaired) electrons. The predicted octanol–water partition coefficient (Wildman–Crippen LogP) is 2.19. The van der Waals surface area contributed by atoms with Gasteiger partial charge in [-0.25, -0.2) is 26.6 Å². The Morgan fingerprint density at radius 1 is 1.08 bits per heavy atom. The number of nitrogens with one attached hydrogen (secondary N) is 1. The quantitative estimate of drug-likeness (QED) is 0.347. The van der Waals surface area contributed by atoms with Crippen LogP contribution in [0.5, 0.6) is 5.75 Å². The van der Waals surface area contributed by atoms with E-state index in [1.54, 1.807) is 0 Å². The van der Waals surface area contributed by atoms with Crippen LogP contribution in [0.4, 0.5) is 8.78 Å². The number of nitrogens with zero attached hydrogens (tertiary/aromatic N) is 3. The molecule has 4 rings (SSSR count). The van der Waals surface area contributed by atoms with E-state index in [0.717, 1.165) is 16.9 Å². The van der Waals surface area contributed by atoms with Crippen molar-refractivity contribution >= 4 is 38.6 Å². The molecule has 0 aliphatic carbocycles. The van der Waals surface area contributed by atoms with Crippen molar-refractivity contribution < 1.29 is 26.7 Å². The fourth-order valence-corrected chi connectivity index (χ4v) is 4.97. The molecular formula is C24H21ClF2N4O6S. The first-order valence-electron chi connectivity index (χ1n) is 11.0. The number of rotatable bonds is 8. The molecule has 1 N–H and O–H groups in total. The summed E-state index contributed by atoms with van der Waals surface area (Å²) >= 11 is 6.19. The third-order valence-electron chi connectivity index (χ3n) is 5.60. The molecule has 0 saturated carbocycles. The Bertz CT molecular complexity index is 1800. The molecule has 0 aliphatic rings. The van der Waals surface area contributed by atoms with Crippen LogP contribution < -0.4 is 21.3 Å². The van der Waals surface area contributed by atoms with Crippen LogP contribution in [0.25, 0.3) is 11.0 Å². The minimum absolute atomic E-state index is 0.00727. The molecular weight excluding hydrogens is 546 g/mol. The average Bonchev–Trinajstić information content (AvgIpc) is 3.14. The minimum atomic E-state index is -4.02. The molecule has 0 saturated heterocycles. The van der Waals surface area contributed by atoms with Crippen LogP contribution in [-0.4, -0.2) is 47.3 Å². The Hall–Kier alpha value is -3.81. The van der Waals surface area contributed by atoms with Crippen molar-refractivity contribution in [3.8, 4) is 5.75 Å². The summed E-state index contributed by atoms with van der Waals surface area (Å²) in [6, 6.07) is 8.73. The lowest BCUT2D eigenvalue weighted by atomic mass is 10.2. The van der Waals surface area contributed by atoms with E-state index in [1.807, 2.05) is 0 Å². The second-order valence-corrected chi connectivity index (χ2v) is 10.6. The molecule has 10 nitrogen and oxygen atoms in total. The molecule has 14 heteroatoms. The van der Waals surface area contributed by atoms with Gasteiger partial charge in [0.25, 0.3) is 5.56 Å². The van der Waals surface area contributed by atoms with Gasteiger partial charge in [-0.1, -0.05) is 17.7 Å². The van der Waals surface area contributed by atoms with Gasteiger partial charge in [-0.05, 0) is 42.9 Å². The number of carbonyl (C=O) groups is 1. The smallest absolute Gasteiger partial charge is 0.349 e. The maximum absolute atomic E-state index is 13.9. The molecule has 38 heavy (non-hydrogen) atoms. The number of carbonyl (C=O) groups excluding carboxylic acids is 1. The highest BCUT2D eigenvalue weighted by Crippen LogP contribution is 2.23. The molecule has 0 unspecified atom stereocenters. The number of hydrogen-bond donors (Lipinski definition) is 1. The third kappa shape index (κ3) is 5.26. The van der Waals surface area contributed by atoms with Gasteiger partial charge in [0.05, 0.1) is 30.4 Å². The lowest BCUT2D eigenvalue weighted by Crippen LogP contribution is -2.35. The van der Waals surface area contributed by atoms with Gasteiger partial charge >= 0.3 is 5.69 Å². The normalized spacial score (nSPS) is 11.7. The summed E-state index contributed by atoms with van der Waals surface area (Å²) in [7, 11) is -2.52. The highest BCUT2D eigenvalue weighted by atomic mass is 35.5. The van der Waals surface area contributed by atoms with Crippen LogP contribution in [-0.2, 0) is 23.2 Å². The topological polar surface area (TPSA) is 121 Å². The number of ether oxygens (including phenoxy) is 1. The van der Waals surface area contributed by atoms with Crippen molar-refractivity contribution in [1.29, 1.82) is 0 Å². The Kier molecular flexibility index (Phi) is 7.54. The summed E-state index contributed by atoms with van der Waals surface area (Å²) < 4.78 is 59.4. The maximum Gasteiger partial charge on any atom is 0.349 e. The van der Waals surface area contributed by atoms with E-state index in [0.29, 0.717) is 15.6 Å². The Morgan fingerprint density at radius 2 is 1.82 bits per heavy atom. The summed E-state index contributed by atoms with van der Waals surface area (Å²) in [6.45, 7) is -0.549. The average molecular weight is 567 g/mol. The van der Waals surface area contributed by atoms with Gasteiger partial charge in [0.1, 0.15) is 29.0 Å². The number of likely N-dealkylation sites (N-methyl/N-ethyl adjacent to an activating group) is 1. The van der Waals surface area contributed by atoms with Crippen molar-refractivity contribution in [2.75, 3.05) is 19.8 Å². The van der Waals surface area contributed by atoms with Crippen molar-refractivity contribution in [3.63, 3.8) is 0 Å². The van der Waals surface area contributed by atoms with Crippen molar-refractivity contribution in [1.82, 2.24) is 18.4 Å². The lowest BCUT2D eigenvalue weighted by Gasteiger charge is -2.12.